The molecule has 0 radical (unpaired) electrons. The number of nitrogens with zero attached hydrogens (tertiary/aromatic N) is 1. The van der Waals surface area contributed by atoms with Crippen LogP contribution in [0.4, 0.5) is 16.2 Å². The molecule has 20 heavy (non-hydrogen) atoms. The monoisotopic (exact) mass is 374 g/mol. The highest BCUT2D eigenvalue weighted by molar-refractivity contribution is 9.10. The van der Waals surface area contributed by atoms with Gasteiger partial charge < -0.3 is 10.8 Å². The lowest BCUT2D eigenvalue weighted by molar-refractivity contribution is 0.256. The Balaban J connectivity index is 2.67. The second-order valence-corrected chi connectivity index (χ2v) is 5.58. The normalized spacial score (nSPS) is 10.3. The molecule has 0 saturated heterocycles. The van der Waals surface area contributed by atoms with Gasteiger partial charge in [-0.3, -0.25) is 4.90 Å². The lowest BCUT2D eigenvalue weighted by atomic mass is 10.2. The second kappa shape index (κ2) is 5.91. The predicted molar refractivity (Wildman–Crippen MR) is 84.0 cm³/mol. The van der Waals surface area contributed by atoms with E-state index in [1.807, 2.05) is 0 Å². The first-order chi connectivity index (χ1) is 9.41. The Morgan fingerprint density at radius 2 is 1.85 bits per heavy atom. The third-order valence-corrected chi connectivity index (χ3v) is 3.74. The second-order valence-electron chi connectivity index (χ2n) is 3.88. The van der Waals surface area contributed by atoms with Gasteiger partial charge in [-0.2, -0.15) is 0 Å². The first-order valence-corrected chi connectivity index (χ1v) is 6.99. The number of rotatable bonds is 2. The summed E-state index contributed by atoms with van der Waals surface area (Å²) in [5.41, 5.74) is 5.99. The van der Waals surface area contributed by atoms with Crippen LogP contribution < -0.4 is 10.6 Å². The molecule has 0 fully saturated rings. The molecule has 0 saturated carbocycles. The molecule has 2 amide bonds. The summed E-state index contributed by atoms with van der Waals surface area (Å²) >= 11 is 15.1. The molecule has 0 heterocycles. The topological polar surface area (TPSA) is 66.6 Å². The summed E-state index contributed by atoms with van der Waals surface area (Å²) in [6, 6.07) is 8.95. The zero-order valence-corrected chi connectivity index (χ0v) is 13.1. The number of hydrogen-bond donors (Lipinski definition) is 2. The van der Waals surface area contributed by atoms with Gasteiger partial charge in [0.05, 0.1) is 16.4 Å². The predicted octanol–water partition coefficient (Wildman–Crippen LogP) is 4.68. The van der Waals surface area contributed by atoms with E-state index in [4.69, 9.17) is 28.9 Å². The van der Waals surface area contributed by atoms with Crippen LogP contribution in [-0.2, 0) is 0 Å². The number of primary amides is 1. The first kappa shape index (κ1) is 15.0. The Morgan fingerprint density at radius 1 is 1.20 bits per heavy atom. The van der Waals surface area contributed by atoms with Crippen molar-refractivity contribution in [1.29, 1.82) is 0 Å². The quantitative estimate of drug-likeness (QED) is 0.800. The molecule has 7 heteroatoms. The fourth-order valence-corrected chi connectivity index (χ4v) is 2.67. The van der Waals surface area contributed by atoms with Gasteiger partial charge in [-0.15, -0.1) is 0 Å². The van der Waals surface area contributed by atoms with Gasteiger partial charge in [0.25, 0.3) is 0 Å². The van der Waals surface area contributed by atoms with Crippen molar-refractivity contribution in [2.75, 3.05) is 4.90 Å². The van der Waals surface area contributed by atoms with E-state index in [1.54, 1.807) is 24.3 Å². The van der Waals surface area contributed by atoms with Gasteiger partial charge in [0, 0.05) is 9.50 Å². The van der Waals surface area contributed by atoms with Gasteiger partial charge in [0.15, 0.2) is 5.75 Å². The SMILES string of the molecule is NC(=O)N(c1ccccc1Br)c1cc(Cl)cc(Cl)c1O. The lowest BCUT2D eigenvalue weighted by Gasteiger charge is -2.23. The molecule has 4 nitrogen and oxygen atoms in total. The number of urea groups is 1. The molecule has 0 unspecified atom stereocenters. The summed E-state index contributed by atoms with van der Waals surface area (Å²) in [5.74, 6) is -0.273. The van der Waals surface area contributed by atoms with Crippen molar-refractivity contribution in [3.63, 3.8) is 0 Å². The van der Waals surface area contributed by atoms with Crippen LogP contribution in [0.25, 0.3) is 0 Å². The summed E-state index contributed by atoms with van der Waals surface area (Å²) in [6.07, 6.45) is 0. The highest BCUT2D eigenvalue weighted by atomic mass is 79.9. The number of phenols is 1. The number of anilines is 2. The summed E-state index contributed by atoms with van der Waals surface area (Å²) in [5, 5.41) is 10.4. The minimum absolute atomic E-state index is 0.0332. The molecule has 2 aromatic carbocycles. The van der Waals surface area contributed by atoms with Gasteiger partial charge in [0.2, 0.25) is 0 Å². The average molecular weight is 376 g/mol. The molecular formula is C13H9BrCl2N2O2. The van der Waals surface area contributed by atoms with Crippen molar-refractivity contribution in [3.8, 4) is 5.75 Å². The van der Waals surface area contributed by atoms with E-state index in [1.165, 1.54) is 12.1 Å². The van der Waals surface area contributed by atoms with Crippen LogP contribution in [0.15, 0.2) is 40.9 Å². The van der Waals surface area contributed by atoms with Gasteiger partial charge in [-0.05, 0) is 40.2 Å². The van der Waals surface area contributed by atoms with Crippen LogP contribution in [0.2, 0.25) is 10.0 Å². The molecule has 0 aromatic heterocycles. The minimum atomic E-state index is -0.773. The lowest BCUT2D eigenvalue weighted by Crippen LogP contribution is -2.31. The zero-order valence-electron chi connectivity index (χ0n) is 9.98. The largest absolute Gasteiger partial charge is 0.504 e. The van der Waals surface area contributed by atoms with Gasteiger partial charge >= 0.3 is 6.03 Å². The van der Waals surface area contributed by atoms with Crippen LogP contribution in [0.5, 0.6) is 5.75 Å². The number of benzene rings is 2. The molecule has 0 spiro atoms. The number of aromatic hydroxyl groups is 1. The van der Waals surface area contributed by atoms with Crippen LogP contribution in [-0.4, -0.2) is 11.1 Å². The van der Waals surface area contributed by atoms with E-state index in [2.05, 4.69) is 15.9 Å². The van der Waals surface area contributed by atoms with Gasteiger partial charge in [0.1, 0.15) is 0 Å². The fourth-order valence-electron chi connectivity index (χ4n) is 1.72. The molecule has 0 aliphatic carbocycles. The van der Waals surface area contributed by atoms with E-state index in [-0.39, 0.29) is 21.5 Å². The number of halogens is 3. The van der Waals surface area contributed by atoms with Gasteiger partial charge in [-0.1, -0.05) is 35.3 Å². The summed E-state index contributed by atoms with van der Waals surface area (Å²) in [4.78, 5) is 12.9. The van der Waals surface area contributed by atoms with Gasteiger partial charge in [-0.25, -0.2) is 4.79 Å². The molecule has 0 atom stereocenters. The molecule has 0 bridgehead atoms. The van der Waals surface area contributed by atoms with Crippen LogP contribution in [0, 0.1) is 0 Å². The Hall–Kier alpha value is -1.43. The van der Waals surface area contributed by atoms with Crippen molar-refractivity contribution in [1.82, 2.24) is 0 Å². The maximum atomic E-state index is 11.8. The van der Waals surface area contributed by atoms with Crippen LogP contribution in [0.1, 0.15) is 0 Å². The maximum Gasteiger partial charge on any atom is 0.324 e. The Bertz CT molecular complexity index is 679. The van der Waals surface area contributed by atoms with E-state index in [0.717, 1.165) is 4.90 Å². The molecular weight excluding hydrogens is 367 g/mol. The average Bonchev–Trinajstić information content (AvgIpc) is 2.37. The number of amides is 2. The summed E-state index contributed by atoms with van der Waals surface area (Å²) in [6.45, 7) is 0. The highest BCUT2D eigenvalue weighted by Gasteiger charge is 2.22. The number of phenolic OH excluding ortho intramolecular Hbond substituents is 1. The number of nitrogens with two attached hydrogens (primary N) is 1. The smallest absolute Gasteiger partial charge is 0.324 e. The third-order valence-electron chi connectivity index (χ3n) is 2.56. The van der Waals surface area contributed by atoms with E-state index >= 15 is 0 Å². The molecule has 0 aliphatic rings. The fraction of sp³-hybridized carbons (Fsp3) is 0. The Labute approximate surface area is 133 Å². The number of hydrogen-bond acceptors (Lipinski definition) is 2. The third kappa shape index (κ3) is 2.85. The summed E-state index contributed by atoms with van der Waals surface area (Å²) < 4.78 is 0.634. The number of carbonyl (C=O) groups is 1. The number of carbonyl (C=O) groups excluding carboxylic acids is 1. The maximum absolute atomic E-state index is 11.8. The molecule has 104 valence electrons. The first-order valence-electron chi connectivity index (χ1n) is 5.44. The molecule has 0 aliphatic heterocycles. The van der Waals surface area contributed by atoms with Crippen molar-refractivity contribution < 1.29 is 9.90 Å². The number of para-hydroxylation sites is 1. The Kier molecular flexibility index (Phi) is 4.42. The van der Waals surface area contributed by atoms with E-state index in [9.17, 15) is 9.90 Å². The van der Waals surface area contributed by atoms with Crippen molar-refractivity contribution in [3.05, 3.63) is 50.9 Å². The standard InChI is InChI=1S/C13H9BrCl2N2O2/c14-8-3-1-2-4-10(8)18(13(17)20)11-6-7(15)5-9(16)12(11)19/h1-6,19H,(H2,17,20). The van der Waals surface area contributed by atoms with Crippen LogP contribution in [0.3, 0.4) is 0 Å². The van der Waals surface area contributed by atoms with Crippen molar-refractivity contribution >= 4 is 56.5 Å². The zero-order chi connectivity index (χ0) is 14.9. The van der Waals surface area contributed by atoms with Crippen LogP contribution >= 0.6 is 39.1 Å². The summed E-state index contributed by atoms with van der Waals surface area (Å²) in [7, 11) is 0. The Morgan fingerprint density at radius 3 is 2.45 bits per heavy atom. The highest BCUT2D eigenvalue weighted by Crippen LogP contribution is 2.42. The van der Waals surface area contributed by atoms with Crippen molar-refractivity contribution in [2.24, 2.45) is 5.73 Å². The van der Waals surface area contributed by atoms with E-state index in [0.29, 0.717) is 10.2 Å². The minimum Gasteiger partial charge on any atom is -0.504 e. The molecule has 2 aromatic rings. The molecule has 3 N–H and O–H groups in total. The molecule has 2 rings (SSSR count). The van der Waals surface area contributed by atoms with Crippen molar-refractivity contribution in [2.45, 2.75) is 0 Å². The van der Waals surface area contributed by atoms with E-state index < -0.39 is 6.03 Å².